The highest BCUT2D eigenvalue weighted by Gasteiger charge is 2.26. The van der Waals surface area contributed by atoms with Crippen molar-refractivity contribution in [2.45, 2.75) is 18.8 Å². The zero-order valence-corrected chi connectivity index (χ0v) is 18.4. The van der Waals surface area contributed by atoms with Gasteiger partial charge in [-0.15, -0.1) is 12.4 Å². The monoisotopic (exact) mass is 433 g/mol. The Hall–Kier alpha value is -2.85. The third-order valence-corrected chi connectivity index (χ3v) is 5.18. The molecule has 0 amide bonds. The Bertz CT molecular complexity index is 1050. The molecule has 0 heterocycles. The minimum absolute atomic E-state index is 0. The number of fused-ring (bicyclic) bond motifs is 1. The van der Waals surface area contributed by atoms with E-state index >= 15 is 0 Å². The zero-order chi connectivity index (χ0) is 20.6. The second-order valence-electron chi connectivity index (χ2n) is 7.32. The van der Waals surface area contributed by atoms with Gasteiger partial charge in [-0.2, -0.15) is 0 Å². The molecule has 0 spiro atoms. The summed E-state index contributed by atoms with van der Waals surface area (Å²) in [5.41, 5.74) is 2.24. The maximum absolute atomic E-state index is 6.65. The van der Waals surface area contributed by atoms with Gasteiger partial charge in [0.1, 0.15) is 11.9 Å². The number of hydrogen-bond acceptors (Lipinski definition) is 3. The molecule has 4 heteroatoms. The molecule has 0 aliphatic rings. The highest BCUT2D eigenvalue weighted by atomic mass is 35.5. The summed E-state index contributed by atoms with van der Waals surface area (Å²) < 4.78 is 13.0. The van der Waals surface area contributed by atoms with Crippen molar-refractivity contribution in [2.24, 2.45) is 0 Å². The molecule has 31 heavy (non-hydrogen) atoms. The van der Waals surface area contributed by atoms with Crippen molar-refractivity contribution in [3.63, 3.8) is 0 Å². The molecule has 0 fully saturated rings. The summed E-state index contributed by atoms with van der Waals surface area (Å²) in [5, 5.41) is 5.54. The molecule has 3 nitrogen and oxygen atoms in total. The second kappa shape index (κ2) is 11.5. The van der Waals surface area contributed by atoms with Crippen LogP contribution < -0.4 is 10.1 Å². The lowest BCUT2D eigenvalue weighted by Crippen LogP contribution is -2.35. The van der Waals surface area contributed by atoms with E-state index in [0.29, 0.717) is 13.2 Å². The third kappa shape index (κ3) is 5.86. The van der Waals surface area contributed by atoms with Crippen LogP contribution in [0, 0.1) is 0 Å². The van der Waals surface area contributed by atoms with Crippen LogP contribution in [-0.4, -0.2) is 19.7 Å². The summed E-state index contributed by atoms with van der Waals surface area (Å²) in [6.07, 6.45) is -0.398. The summed E-state index contributed by atoms with van der Waals surface area (Å²) in [6.45, 7) is 1.21. The molecule has 4 aromatic carbocycles. The SMILES string of the molecule is CNC[C@@H](OCc1ccccc1)[C@@H](Oc1cccc2ccccc12)c1ccccc1.Cl. The van der Waals surface area contributed by atoms with Gasteiger partial charge >= 0.3 is 0 Å². The van der Waals surface area contributed by atoms with Gasteiger partial charge in [-0.3, -0.25) is 0 Å². The van der Waals surface area contributed by atoms with Crippen LogP contribution in [0.1, 0.15) is 17.2 Å². The smallest absolute Gasteiger partial charge is 0.151 e. The molecular formula is C27H28ClNO2. The van der Waals surface area contributed by atoms with Gasteiger partial charge in [0.25, 0.3) is 0 Å². The van der Waals surface area contributed by atoms with E-state index < -0.39 is 0 Å². The minimum Gasteiger partial charge on any atom is -0.482 e. The average molecular weight is 434 g/mol. The van der Waals surface area contributed by atoms with Crippen LogP contribution in [0.25, 0.3) is 10.8 Å². The Kier molecular flexibility index (Phi) is 8.48. The highest BCUT2D eigenvalue weighted by molar-refractivity contribution is 5.88. The Morgan fingerprint density at radius 2 is 1.39 bits per heavy atom. The summed E-state index contributed by atoms with van der Waals surface area (Å²) in [4.78, 5) is 0. The number of ether oxygens (including phenoxy) is 2. The fourth-order valence-electron chi connectivity index (χ4n) is 3.67. The van der Waals surface area contributed by atoms with Gasteiger partial charge in [-0.25, -0.2) is 0 Å². The molecule has 0 aliphatic heterocycles. The van der Waals surface area contributed by atoms with Crippen molar-refractivity contribution >= 4 is 23.2 Å². The first kappa shape index (κ1) is 22.8. The molecule has 0 bridgehead atoms. The van der Waals surface area contributed by atoms with Crippen LogP contribution in [0.5, 0.6) is 5.75 Å². The molecule has 0 aliphatic carbocycles. The number of nitrogens with one attached hydrogen (secondary N) is 1. The van der Waals surface area contributed by atoms with Gasteiger partial charge in [-0.05, 0) is 29.6 Å². The van der Waals surface area contributed by atoms with Crippen molar-refractivity contribution in [3.05, 3.63) is 114 Å². The Labute approximate surface area is 190 Å². The van der Waals surface area contributed by atoms with Crippen LogP contribution in [0.4, 0.5) is 0 Å². The minimum atomic E-state index is -0.242. The molecule has 0 saturated heterocycles. The van der Waals surface area contributed by atoms with E-state index in [1.54, 1.807) is 0 Å². The van der Waals surface area contributed by atoms with Crippen molar-refractivity contribution < 1.29 is 9.47 Å². The predicted octanol–water partition coefficient (Wildman–Crippen LogP) is 6.19. The van der Waals surface area contributed by atoms with Gasteiger partial charge in [0.2, 0.25) is 0 Å². The van der Waals surface area contributed by atoms with Crippen molar-refractivity contribution in [2.75, 3.05) is 13.6 Å². The Morgan fingerprint density at radius 1 is 0.742 bits per heavy atom. The first-order valence-electron chi connectivity index (χ1n) is 10.3. The van der Waals surface area contributed by atoms with Gasteiger partial charge in [0, 0.05) is 11.9 Å². The van der Waals surface area contributed by atoms with E-state index in [-0.39, 0.29) is 24.6 Å². The van der Waals surface area contributed by atoms with Crippen LogP contribution in [0.3, 0.4) is 0 Å². The number of likely N-dealkylation sites (N-methyl/N-ethyl adjacent to an activating group) is 1. The van der Waals surface area contributed by atoms with Gasteiger partial charge in [-0.1, -0.05) is 97.1 Å². The molecule has 4 rings (SSSR count). The predicted molar refractivity (Wildman–Crippen MR) is 130 cm³/mol. The normalized spacial score (nSPS) is 12.7. The lowest BCUT2D eigenvalue weighted by molar-refractivity contribution is -0.0337. The summed E-state index contributed by atoms with van der Waals surface area (Å²) in [6, 6.07) is 35.1. The fourth-order valence-corrected chi connectivity index (χ4v) is 3.67. The van der Waals surface area contributed by atoms with E-state index in [2.05, 4.69) is 47.8 Å². The molecule has 0 aromatic heterocycles. The van der Waals surface area contributed by atoms with E-state index in [1.165, 1.54) is 0 Å². The van der Waals surface area contributed by atoms with Crippen molar-refractivity contribution in [1.29, 1.82) is 0 Å². The van der Waals surface area contributed by atoms with Gasteiger partial charge < -0.3 is 14.8 Å². The molecule has 4 aromatic rings. The number of hydrogen-bond donors (Lipinski definition) is 1. The number of benzene rings is 4. The first-order chi connectivity index (χ1) is 14.8. The van der Waals surface area contributed by atoms with E-state index in [0.717, 1.165) is 27.6 Å². The van der Waals surface area contributed by atoms with Crippen LogP contribution in [0.15, 0.2) is 103 Å². The van der Waals surface area contributed by atoms with Gasteiger partial charge in [0.15, 0.2) is 6.10 Å². The summed E-state index contributed by atoms with van der Waals surface area (Å²) in [7, 11) is 1.94. The lowest BCUT2D eigenvalue weighted by atomic mass is 10.0. The van der Waals surface area contributed by atoms with Crippen molar-refractivity contribution in [1.82, 2.24) is 5.32 Å². The Morgan fingerprint density at radius 3 is 2.13 bits per heavy atom. The molecule has 1 N–H and O–H groups in total. The largest absolute Gasteiger partial charge is 0.482 e. The fraction of sp³-hybridized carbons (Fsp3) is 0.185. The second-order valence-corrected chi connectivity index (χ2v) is 7.32. The quantitative estimate of drug-likeness (QED) is 0.341. The zero-order valence-electron chi connectivity index (χ0n) is 17.6. The molecule has 2 atom stereocenters. The van der Waals surface area contributed by atoms with Crippen LogP contribution in [0.2, 0.25) is 0 Å². The van der Waals surface area contributed by atoms with Crippen LogP contribution >= 0.6 is 12.4 Å². The maximum atomic E-state index is 6.65. The van der Waals surface area contributed by atoms with E-state index in [9.17, 15) is 0 Å². The molecular weight excluding hydrogens is 406 g/mol. The van der Waals surface area contributed by atoms with E-state index in [1.807, 2.05) is 67.7 Å². The lowest BCUT2D eigenvalue weighted by Gasteiger charge is -2.29. The van der Waals surface area contributed by atoms with E-state index in [4.69, 9.17) is 9.47 Å². The topological polar surface area (TPSA) is 30.5 Å². The summed E-state index contributed by atoms with van der Waals surface area (Å²) in [5.74, 6) is 0.867. The van der Waals surface area contributed by atoms with Crippen LogP contribution in [-0.2, 0) is 11.3 Å². The van der Waals surface area contributed by atoms with Crippen molar-refractivity contribution in [3.8, 4) is 5.75 Å². The first-order valence-corrected chi connectivity index (χ1v) is 10.3. The summed E-state index contributed by atoms with van der Waals surface area (Å²) >= 11 is 0. The molecule has 0 radical (unpaired) electrons. The number of halogens is 1. The standard InChI is InChI=1S/C27H27NO2.ClH/c1-28-19-26(29-20-21-11-4-2-5-12-21)27(23-14-6-3-7-15-23)30-25-18-10-16-22-13-8-9-17-24(22)25;/h2-18,26-28H,19-20H2,1H3;1H/t26-,27+;/m1./s1. The number of rotatable bonds is 9. The molecule has 0 saturated carbocycles. The molecule has 0 unspecified atom stereocenters. The third-order valence-electron chi connectivity index (χ3n) is 5.18. The molecule has 160 valence electrons. The Balaban J connectivity index is 0.00000272. The highest BCUT2D eigenvalue weighted by Crippen LogP contribution is 2.32. The maximum Gasteiger partial charge on any atom is 0.151 e. The van der Waals surface area contributed by atoms with Gasteiger partial charge in [0.05, 0.1) is 6.61 Å². The average Bonchev–Trinajstić information content (AvgIpc) is 2.82.